The summed E-state index contributed by atoms with van der Waals surface area (Å²) >= 11 is 6.26. The van der Waals surface area contributed by atoms with Crippen LogP contribution in [-0.2, 0) is 6.42 Å². The lowest BCUT2D eigenvalue weighted by atomic mass is 9.93. The van der Waals surface area contributed by atoms with E-state index >= 15 is 0 Å². The number of piperidine rings is 1. The SMILES string of the molecule is CCN(CC)CCCC1CCCN(CCNC(=O)N2c3cc(Cl)ccc3C(=O)Cc3cccnc32)C1. The number of carbonyl (C=O) groups is 2. The number of hydrogen-bond acceptors (Lipinski definition) is 5. The fraction of sp³-hybridized carbons (Fsp3) is 0.536. The van der Waals surface area contributed by atoms with Crippen molar-refractivity contribution in [3.05, 3.63) is 52.7 Å². The number of nitrogens with one attached hydrogen (secondary N) is 1. The first-order valence-corrected chi connectivity index (χ1v) is 13.7. The molecule has 3 heterocycles. The van der Waals surface area contributed by atoms with Gasteiger partial charge in [-0.05, 0) is 82.0 Å². The molecule has 1 N–H and O–H groups in total. The number of fused-ring (bicyclic) bond motifs is 2. The lowest BCUT2D eigenvalue weighted by Gasteiger charge is -2.33. The molecular formula is C28H38ClN5O2. The van der Waals surface area contributed by atoms with E-state index in [4.69, 9.17) is 11.6 Å². The molecule has 1 fully saturated rings. The number of carbonyl (C=O) groups excluding carboxylic acids is 2. The van der Waals surface area contributed by atoms with Crippen molar-refractivity contribution in [2.24, 2.45) is 5.92 Å². The number of pyridine rings is 1. The Morgan fingerprint density at radius 3 is 2.89 bits per heavy atom. The average Bonchev–Trinajstić information content (AvgIpc) is 3.00. The van der Waals surface area contributed by atoms with Crippen molar-refractivity contribution in [3.63, 3.8) is 0 Å². The van der Waals surface area contributed by atoms with Crippen LogP contribution in [-0.4, -0.2) is 72.4 Å². The quantitative estimate of drug-likeness (QED) is 0.504. The zero-order valence-electron chi connectivity index (χ0n) is 21.5. The molecule has 2 amide bonds. The van der Waals surface area contributed by atoms with E-state index in [9.17, 15) is 9.59 Å². The average molecular weight is 512 g/mol. The maximum absolute atomic E-state index is 13.5. The minimum Gasteiger partial charge on any atom is -0.336 e. The van der Waals surface area contributed by atoms with E-state index in [2.05, 4.69) is 33.9 Å². The highest BCUT2D eigenvalue weighted by atomic mass is 35.5. The number of likely N-dealkylation sites (tertiary alicyclic amines) is 1. The highest BCUT2D eigenvalue weighted by Gasteiger charge is 2.31. The smallest absolute Gasteiger partial charge is 0.327 e. The van der Waals surface area contributed by atoms with Gasteiger partial charge in [0.25, 0.3) is 0 Å². The molecule has 1 saturated heterocycles. The van der Waals surface area contributed by atoms with Gasteiger partial charge in [0.1, 0.15) is 5.82 Å². The van der Waals surface area contributed by atoms with E-state index in [-0.39, 0.29) is 18.2 Å². The van der Waals surface area contributed by atoms with Gasteiger partial charge in [0.15, 0.2) is 5.78 Å². The van der Waals surface area contributed by atoms with E-state index in [1.165, 1.54) is 37.1 Å². The summed E-state index contributed by atoms with van der Waals surface area (Å²) in [5.74, 6) is 1.16. The highest BCUT2D eigenvalue weighted by molar-refractivity contribution is 6.31. The van der Waals surface area contributed by atoms with Crippen LogP contribution in [0.3, 0.4) is 0 Å². The molecule has 2 aromatic rings. The van der Waals surface area contributed by atoms with Gasteiger partial charge in [0, 0.05) is 48.4 Å². The normalized spacial score (nSPS) is 18.1. The Morgan fingerprint density at radius 1 is 1.25 bits per heavy atom. The maximum Gasteiger partial charge on any atom is 0.327 e. The first kappa shape index (κ1) is 26.6. The van der Waals surface area contributed by atoms with Crippen molar-refractivity contribution in [2.75, 3.05) is 50.7 Å². The van der Waals surface area contributed by atoms with E-state index in [1.54, 1.807) is 30.5 Å². The number of urea groups is 1. The number of hydrogen-bond donors (Lipinski definition) is 1. The maximum atomic E-state index is 13.5. The predicted molar refractivity (Wildman–Crippen MR) is 145 cm³/mol. The van der Waals surface area contributed by atoms with Crippen molar-refractivity contribution in [1.29, 1.82) is 0 Å². The molecule has 1 unspecified atom stereocenters. The number of halogens is 1. The number of benzene rings is 1. The topological polar surface area (TPSA) is 68.8 Å². The minimum atomic E-state index is -0.291. The number of Topliss-reactive ketones (excluding diaryl/α,β-unsaturated/α-hetero) is 1. The summed E-state index contributed by atoms with van der Waals surface area (Å²) in [7, 11) is 0. The second-order valence-corrected chi connectivity index (χ2v) is 10.2. The molecule has 0 saturated carbocycles. The number of ketones is 1. The standard InChI is InChI=1S/C28H38ClN5O2/c1-3-32(4-2)15-6-8-21-9-7-16-33(20-21)17-14-31-28(36)34-25-19-23(29)11-12-24(25)26(35)18-22-10-5-13-30-27(22)34/h5,10-13,19,21H,3-4,6-9,14-18,20H2,1-2H3,(H,31,36). The zero-order chi connectivity index (χ0) is 25.5. The van der Waals surface area contributed by atoms with Crippen LogP contribution in [0.2, 0.25) is 5.02 Å². The van der Waals surface area contributed by atoms with Crippen LogP contribution in [0.25, 0.3) is 0 Å². The van der Waals surface area contributed by atoms with Gasteiger partial charge < -0.3 is 15.1 Å². The highest BCUT2D eigenvalue weighted by Crippen LogP contribution is 2.36. The van der Waals surface area contributed by atoms with Gasteiger partial charge in [-0.15, -0.1) is 0 Å². The molecule has 194 valence electrons. The van der Waals surface area contributed by atoms with Crippen LogP contribution >= 0.6 is 11.6 Å². The molecular weight excluding hydrogens is 474 g/mol. The van der Waals surface area contributed by atoms with Crippen molar-refractivity contribution >= 4 is 34.9 Å². The van der Waals surface area contributed by atoms with Gasteiger partial charge in [-0.2, -0.15) is 0 Å². The Hall–Kier alpha value is -2.48. The van der Waals surface area contributed by atoms with Crippen LogP contribution < -0.4 is 10.2 Å². The van der Waals surface area contributed by atoms with Crippen molar-refractivity contribution in [1.82, 2.24) is 20.1 Å². The molecule has 4 rings (SSSR count). The molecule has 1 aromatic carbocycles. The molecule has 0 aliphatic carbocycles. The second kappa shape index (κ2) is 12.7. The lowest BCUT2D eigenvalue weighted by molar-refractivity contribution is 0.0994. The molecule has 1 aromatic heterocycles. The minimum absolute atomic E-state index is 0.0495. The number of amides is 2. The first-order chi connectivity index (χ1) is 17.5. The van der Waals surface area contributed by atoms with Crippen molar-refractivity contribution in [3.8, 4) is 0 Å². The monoisotopic (exact) mass is 511 g/mol. The van der Waals surface area contributed by atoms with Crippen molar-refractivity contribution in [2.45, 2.75) is 46.0 Å². The van der Waals surface area contributed by atoms with Crippen LogP contribution in [0.1, 0.15) is 55.5 Å². The largest absolute Gasteiger partial charge is 0.336 e. The van der Waals surface area contributed by atoms with E-state index in [1.807, 2.05) is 6.07 Å². The third-order valence-electron chi connectivity index (χ3n) is 7.42. The van der Waals surface area contributed by atoms with Gasteiger partial charge in [-0.3, -0.25) is 4.79 Å². The summed E-state index contributed by atoms with van der Waals surface area (Å²) in [6, 6.07) is 8.40. The predicted octanol–water partition coefficient (Wildman–Crippen LogP) is 5.16. The van der Waals surface area contributed by atoms with Crippen LogP contribution in [0.15, 0.2) is 36.5 Å². The summed E-state index contributed by atoms with van der Waals surface area (Å²) in [6.45, 7) is 11.4. The van der Waals surface area contributed by atoms with Crippen molar-refractivity contribution < 1.29 is 9.59 Å². The third-order valence-corrected chi connectivity index (χ3v) is 7.66. The summed E-state index contributed by atoms with van der Waals surface area (Å²) in [5.41, 5.74) is 1.69. The molecule has 2 aliphatic rings. The van der Waals surface area contributed by atoms with Gasteiger partial charge in [-0.25, -0.2) is 14.7 Å². The molecule has 36 heavy (non-hydrogen) atoms. The summed E-state index contributed by atoms with van der Waals surface area (Å²) in [5, 5.41) is 3.55. The molecule has 2 aliphatic heterocycles. The van der Waals surface area contributed by atoms with Gasteiger partial charge in [-0.1, -0.05) is 31.5 Å². The Labute approximate surface area is 219 Å². The molecule has 0 radical (unpaired) electrons. The van der Waals surface area contributed by atoms with E-state index < -0.39 is 0 Å². The molecule has 0 spiro atoms. The summed E-state index contributed by atoms with van der Waals surface area (Å²) < 4.78 is 0. The van der Waals surface area contributed by atoms with Crippen LogP contribution in [0, 0.1) is 5.92 Å². The van der Waals surface area contributed by atoms with E-state index in [0.717, 1.165) is 44.2 Å². The third kappa shape index (κ3) is 6.44. The Balaban J connectivity index is 1.37. The zero-order valence-corrected chi connectivity index (χ0v) is 22.3. The number of aromatic nitrogens is 1. The number of nitrogens with zero attached hydrogens (tertiary/aromatic N) is 4. The summed E-state index contributed by atoms with van der Waals surface area (Å²) in [4.78, 5) is 37.3. The van der Waals surface area contributed by atoms with Gasteiger partial charge in [0.2, 0.25) is 0 Å². The van der Waals surface area contributed by atoms with Crippen LogP contribution in [0.4, 0.5) is 16.3 Å². The van der Waals surface area contributed by atoms with Gasteiger partial charge in [0.05, 0.1) is 5.69 Å². The molecule has 1 atom stereocenters. The van der Waals surface area contributed by atoms with Gasteiger partial charge >= 0.3 is 6.03 Å². The molecule has 0 bridgehead atoms. The fourth-order valence-corrected chi connectivity index (χ4v) is 5.58. The molecule has 7 nitrogen and oxygen atoms in total. The Morgan fingerprint density at radius 2 is 2.08 bits per heavy atom. The Kier molecular flexibility index (Phi) is 9.35. The second-order valence-electron chi connectivity index (χ2n) is 9.79. The molecule has 8 heteroatoms. The lowest BCUT2D eigenvalue weighted by Crippen LogP contribution is -2.44. The summed E-state index contributed by atoms with van der Waals surface area (Å²) in [6.07, 6.45) is 6.86. The fourth-order valence-electron chi connectivity index (χ4n) is 5.42. The Bertz CT molecular complexity index is 1060. The number of anilines is 2. The first-order valence-electron chi connectivity index (χ1n) is 13.3. The van der Waals surface area contributed by atoms with E-state index in [0.29, 0.717) is 28.6 Å². The van der Waals surface area contributed by atoms with Crippen LogP contribution in [0.5, 0.6) is 0 Å². The number of rotatable bonds is 9.